The number of hydrogen-bond donors (Lipinski definition) is 0. The van der Waals surface area contributed by atoms with Gasteiger partial charge in [-0.15, -0.1) is 0 Å². The lowest BCUT2D eigenvalue weighted by Crippen LogP contribution is -2.03. The molecule has 0 atom stereocenters. The zero-order chi connectivity index (χ0) is 11.6. The average Bonchev–Trinajstić information content (AvgIpc) is 2.15. The number of methoxy groups -OCH3 is 1. The van der Waals surface area contributed by atoms with E-state index in [1.807, 2.05) is 0 Å². The standard InChI is InChI=1S/C9H8BrNO4/c1-5(12)9-7(11(13)14)3-6(10)4-8(9)15-2/h3-4H,1-2H3. The van der Waals surface area contributed by atoms with Gasteiger partial charge in [0, 0.05) is 10.5 Å². The van der Waals surface area contributed by atoms with Crippen molar-refractivity contribution in [1.82, 2.24) is 0 Å². The maximum Gasteiger partial charge on any atom is 0.285 e. The van der Waals surface area contributed by atoms with Crippen LogP contribution in [0.4, 0.5) is 5.69 Å². The number of rotatable bonds is 3. The highest BCUT2D eigenvalue weighted by Crippen LogP contribution is 2.32. The number of ketones is 1. The van der Waals surface area contributed by atoms with Gasteiger partial charge in [-0.3, -0.25) is 14.9 Å². The lowest BCUT2D eigenvalue weighted by Gasteiger charge is -2.06. The number of ether oxygens (including phenoxy) is 1. The molecule has 6 heteroatoms. The van der Waals surface area contributed by atoms with Gasteiger partial charge in [-0.2, -0.15) is 0 Å². The number of nitro benzene ring substituents is 1. The molecular weight excluding hydrogens is 266 g/mol. The Balaban J connectivity index is 3.54. The second-order valence-corrected chi connectivity index (χ2v) is 3.73. The predicted molar refractivity (Wildman–Crippen MR) is 57.4 cm³/mol. The molecule has 0 N–H and O–H groups in total. The Morgan fingerprint density at radius 3 is 2.53 bits per heavy atom. The Kier molecular flexibility index (Phi) is 3.41. The second-order valence-electron chi connectivity index (χ2n) is 2.82. The van der Waals surface area contributed by atoms with E-state index in [0.29, 0.717) is 4.47 Å². The third-order valence-corrected chi connectivity index (χ3v) is 2.27. The zero-order valence-electron chi connectivity index (χ0n) is 8.11. The molecule has 80 valence electrons. The minimum atomic E-state index is -0.607. The van der Waals surface area contributed by atoms with Gasteiger partial charge >= 0.3 is 0 Å². The summed E-state index contributed by atoms with van der Waals surface area (Å²) in [4.78, 5) is 21.4. The van der Waals surface area contributed by atoms with Gasteiger partial charge in [0.25, 0.3) is 5.69 Å². The number of hydrogen-bond acceptors (Lipinski definition) is 4. The summed E-state index contributed by atoms with van der Waals surface area (Å²) in [6, 6.07) is 2.79. The average molecular weight is 274 g/mol. The molecule has 0 unspecified atom stereocenters. The number of nitro groups is 1. The molecule has 0 aliphatic carbocycles. The van der Waals surface area contributed by atoms with Gasteiger partial charge in [0.1, 0.15) is 11.3 Å². The van der Waals surface area contributed by atoms with E-state index in [9.17, 15) is 14.9 Å². The maximum atomic E-state index is 11.3. The largest absolute Gasteiger partial charge is 0.496 e. The van der Waals surface area contributed by atoms with Crippen molar-refractivity contribution in [1.29, 1.82) is 0 Å². The number of carbonyl (C=O) groups excluding carboxylic acids is 1. The Bertz CT molecular complexity index is 430. The first kappa shape index (κ1) is 11.6. The first-order chi connectivity index (χ1) is 6.97. The van der Waals surface area contributed by atoms with Crippen LogP contribution in [0.2, 0.25) is 0 Å². The van der Waals surface area contributed by atoms with E-state index in [1.165, 1.54) is 26.2 Å². The molecule has 0 amide bonds. The monoisotopic (exact) mass is 273 g/mol. The molecule has 1 aromatic rings. The highest BCUT2D eigenvalue weighted by molar-refractivity contribution is 9.10. The Labute approximate surface area is 94.3 Å². The van der Waals surface area contributed by atoms with Crippen molar-refractivity contribution in [3.8, 4) is 5.75 Å². The van der Waals surface area contributed by atoms with Gasteiger partial charge in [0.15, 0.2) is 5.78 Å². The summed E-state index contributed by atoms with van der Waals surface area (Å²) in [6.45, 7) is 1.26. The van der Waals surface area contributed by atoms with E-state index in [4.69, 9.17) is 4.74 Å². The smallest absolute Gasteiger partial charge is 0.285 e. The summed E-state index contributed by atoms with van der Waals surface area (Å²) in [6.07, 6.45) is 0. The van der Waals surface area contributed by atoms with Crippen LogP contribution in [-0.4, -0.2) is 17.8 Å². The van der Waals surface area contributed by atoms with Gasteiger partial charge < -0.3 is 4.74 Å². The van der Waals surface area contributed by atoms with Crippen LogP contribution in [0.1, 0.15) is 17.3 Å². The number of nitrogens with zero attached hydrogens (tertiary/aromatic N) is 1. The third-order valence-electron chi connectivity index (χ3n) is 1.81. The summed E-state index contributed by atoms with van der Waals surface area (Å²) in [5, 5.41) is 10.7. The zero-order valence-corrected chi connectivity index (χ0v) is 9.70. The molecule has 0 spiro atoms. The van der Waals surface area contributed by atoms with E-state index in [-0.39, 0.29) is 17.0 Å². The normalized spacial score (nSPS) is 9.80. The van der Waals surface area contributed by atoms with Crippen LogP contribution in [0.3, 0.4) is 0 Å². The Morgan fingerprint density at radius 2 is 2.13 bits per heavy atom. The fraction of sp³-hybridized carbons (Fsp3) is 0.222. The summed E-state index contributed by atoms with van der Waals surface area (Å²) < 4.78 is 5.42. The first-order valence-electron chi connectivity index (χ1n) is 4.00. The number of Topliss-reactive ketones (excluding diaryl/α,β-unsaturated/α-hetero) is 1. The molecule has 1 rings (SSSR count). The molecule has 0 fully saturated rings. The molecule has 15 heavy (non-hydrogen) atoms. The topological polar surface area (TPSA) is 69.4 Å². The molecule has 0 saturated carbocycles. The van der Waals surface area contributed by atoms with Crippen LogP contribution in [-0.2, 0) is 0 Å². The fourth-order valence-corrected chi connectivity index (χ4v) is 1.65. The quantitative estimate of drug-likeness (QED) is 0.482. The highest BCUT2D eigenvalue weighted by Gasteiger charge is 2.23. The lowest BCUT2D eigenvalue weighted by atomic mass is 10.1. The van der Waals surface area contributed by atoms with Gasteiger partial charge in [-0.1, -0.05) is 15.9 Å². The van der Waals surface area contributed by atoms with Crippen molar-refractivity contribution in [3.63, 3.8) is 0 Å². The van der Waals surface area contributed by atoms with E-state index in [2.05, 4.69) is 15.9 Å². The summed E-state index contributed by atoms with van der Waals surface area (Å²) in [5.41, 5.74) is -0.264. The van der Waals surface area contributed by atoms with E-state index in [0.717, 1.165) is 0 Å². The van der Waals surface area contributed by atoms with Crippen molar-refractivity contribution >= 4 is 27.4 Å². The molecule has 0 radical (unpaired) electrons. The van der Waals surface area contributed by atoms with Crippen LogP contribution in [0, 0.1) is 10.1 Å². The van der Waals surface area contributed by atoms with Crippen molar-refractivity contribution in [2.45, 2.75) is 6.92 Å². The van der Waals surface area contributed by atoms with Crippen LogP contribution < -0.4 is 4.74 Å². The van der Waals surface area contributed by atoms with Crippen LogP contribution in [0.5, 0.6) is 5.75 Å². The molecular formula is C9H8BrNO4. The minimum absolute atomic E-state index is 0.00861. The maximum absolute atomic E-state index is 11.3. The van der Waals surface area contributed by atoms with Gasteiger partial charge in [0.2, 0.25) is 0 Å². The molecule has 0 aliphatic heterocycles. The molecule has 0 aromatic heterocycles. The SMILES string of the molecule is COc1cc(Br)cc([N+](=O)[O-])c1C(C)=O. The van der Waals surface area contributed by atoms with E-state index >= 15 is 0 Å². The number of benzene rings is 1. The van der Waals surface area contributed by atoms with Crippen molar-refractivity contribution < 1.29 is 14.5 Å². The van der Waals surface area contributed by atoms with Crippen molar-refractivity contribution in [2.75, 3.05) is 7.11 Å². The van der Waals surface area contributed by atoms with Gasteiger partial charge in [0.05, 0.1) is 12.0 Å². The second kappa shape index (κ2) is 4.39. The Morgan fingerprint density at radius 1 is 1.53 bits per heavy atom. The van der Waals surface area contributed by atoms with Gasteiger partial charge in [-0.05, 0) is 13.0 Å². The summed E-state index contributed by atoms with van der Waals surface area (Å²) in [7, 11) is 1.36. The van der Waals surface area contributed by atoms with E-state index < -0.39 is 10.7 Å². The van der Waals surface area contributed by atoms with Crippen molar-refractivity contribution in [3.05, 3.63) is 32.3 Å². The molecule has 0 saturated heterocycles. The Hall–Kier alpha value is -1.43. The number of carbonyl (C=O) groups is 1. The summed E-state index contributed by atoms with van der Waals surface area (Å²) in [5.74, 6) is -0.199. The van der Waals surface area contributed by atoms with Gasteiger partial charge in [-0.25, -0.2) is 0 Å². The molecule has 5 nitrogen and oxygen atoms in total. The van der Waals surface area contributed by atoms with Crippen LogP contribution in [0.25, 0.3) is 0 Å². The third kappa shape index (κ3) is 2.33. The lowest BCUT2D eigenvalue weighted by molar-refractivity contribution is -0.385. The van der Waals surface area contributed by atoms with Crippen LogP contribution >= 0.6 is 15.9 Å². The molecule has 0 aliphatic rings. The molecule has 0 heterocycles. The first-order valence-corrected chi connectivity index (χ1v) is 4.79. The van der Waals surface area contributed by atoms with E-state index in [1.54, 1.807) is 0 Å². The molecule has 1 aromatic carbocycles. The van der Waals surface area contributed by atoms with Crippen LogP contribution in [0.15, 0.2) is 16.6 Å². The molecule has 0 bridgehead atoms. The summed E-state index contributed by atoms with van der Waals surface area (Å²) >= 11 is 3.11. The predicted octanol–water partition coefficient (Wildman–Crippen LogP) is 2.57. The highest BCUT2D eigenvalue weighted by atomic mass is 79.9. The fourth-order valence-electron chi connectivity index (χ4n) is 1.23. The minimum Gasteiger partial charge on any atom is -0.496 e. The van der Waals surface area contributed by atoms with Crippen molar-refractivity contribution in [2.24, 2.45) is 0 Å². The number of halogens is 1.